The number of methoxy groups -OCH3 is 1. The van der Waals surface area contributed by atoms with Gasteiger partial charge in [-0.3, -0.25) is 0 Å². The van der Waals surface area contributed by atoms with Crippen molar-refractivity contribution in [1.82, 2.24) is 8.87 Å². The van der Waals surface area contributed by atoms with Gasteiger partial charge < -0.3 is 19.1 Å². The van der Waals surface area contributed by atoms with Gasteiger partial charge >= 0.3 is 0 Å². The summed E-state index contributed by atoms with van der Waals surface area (Å²) in [6.45, 7) is 3.75. The lowest BCUT2D eigenvalue weighted by atomic mass is 10.2. The quantitative estimate of drug-likeness (QED) is 0.646. The number of nitrogens with zero attached hydrogens (tertiary/aromatic N) is 3. The van der Waals surface area contributed by atoms with E-state index < -0.39 is 11.4 Å². The van der Waals surface area contributed by atoms with Crippen LogP contribution in [0, 0.1) is 5.82 Å². The highest BCUT2D eigenvalue weighted by molar-refractivity contribution is 7.90. The molecular formula is C20H22FN3O2S. The molecule has 4 rings (SSSR count). The number of ether oxygens (including phenoxy) is 1. The van der Waals surface area contributed by atoms with E-state index in [-0.39, 0.29) is 5.82 Å². The number of hydrogen-bond acceptors (Lipinski definition) is 4. The van der Waals surface area contributed by atoms with Crippen LogP contribution in [0.2, 0.25) is 0 Å². The number of fused-ring (bicyclic) bond motifs is 1. The lowest BCUT2D eigenvalue weighted by Crippen LogP contribution is -2.44. The first-order chi connectivity index (χ1) is 13.1. The first kappa shape index (κ1) is 18.2. The molecule has 0 aliphatic carbocycles. The van der Waals surface area contributed by atoms with Crippen molar-refractivity contribution in [3.05, 3.63) is 54.5 Å². The van der Waals surface area contributed by atoms with Gasteiger partial charge in [0.15, 0.2) is 4.90 Å². The van der Waals surface area contributed by atoms with Gasteiger partial charge in [-0.25, -0.2) is 4.39 Å². The average Bonchev–Trinajstić information content (AvgIpc) is 3.10. The predicted octanol–water partition coefficient (Wildman–Crippen LogP) is 3.11. The number of anilines is 1. The number of rotatable bonds is 4. The van der Waals surface area contributed by atoms with E-state index in [9.17, 15) is 8.94 Å². The number of aromatic nitrogens is 1. The van der Waals surface area contributed by atoms with Crippen LogP contribution in [0.5, 0.6) is 5.75 Å². The molecule has 2 heterocycles. The van der Waals surface area contributed by atoms with Crippen LogP contribution >= 0.6 is 0 Å². The highest BCUT2D eigenvalue weighted by Crippen LogP contribution is 2.33. The van der Waals surface area contributed by atoms with Crippen LogP contribution in [0.25, 0.3) is 10.9 Å². The summed E-state index contributed by atoms with van der Waals surface area (Å²) in [5, 5.41) is 0.733. The van der Waals surface area contributed by atoms with Crippen molar-refractivity contribution < 1.29 is 13.7 Å². The predicted molar refractivity (Wildman–Crippen MR) is 106 cm³/mol. The third-order valence-electron chi connectivity index (χ3n) is 4.99. The first-order valence-electron chi connectivity index (χ1n) is 8.87. The van der Waals surface area contributed by atoms with E-state index in [2.05, 4.69) is 16.8 Å². The fraction of sp³-hybridized carbons (Fsp3) is 0.300. The molecule has 7 heteroatoms. The molecule has 1 aliphatic rings. The first-order valence-corrected chi connectivity index (χ1v) is 9.98. The van der Waals surface area contributed by atoms with Crippen LogP contribution in [0.3, 0.4) is 0 Å². The molecule has 2 aromatic carbocycles. The normalized spacial score (nSPS) is 16.7. The van der Waals surface area contributed by atoms with Crippen molar-refractivity contribution in [2.24, 2.45) is 0 Å². The molecule has 1 unspecified atom stereocenters. The molecule has 0 bridgehead atoms. The minimum absolute atomic E-state index is 0.298. The maximum Gasteiger partial charge on any atom is 0.182 e. The lowest BCUT2D eigenvalue weighted by Gasteiger charge is -2.34. The van der Waals surface area contributed by atoms with Gasteiger partial charge in [-0.2, -0.15) is 3.97 Å². The topological polar surface area (TPSA) is 43.7 Å². The van der Waals surface area contributed by atoms with Gasteiger partial charge in [-0.05, 0) is 43.4 Å². The molecule has 0 amide bonds. The third kappa shape index (κ3) is 3.50. The molecule has 0 spiro atoms. The number of halogens is 1. The Morgan fingerprint density at radius 2 is 1.81 bits per heavy atom. The summed E-state index contributed by atoms with van der Waals surface area (Å²) >= 11 is -1.43. The SMILES string of the molecule is COc1ccc([S+]([O-])n2ccc3cc(F)ccc32)cc1N1CCN(C)CC1. The molecule has 142 valence electrons. The van der Waals surface area contributed by atoms with Crippen LogP contribution < -0.4 is 9.64 Å². The summed E-state index contributed by atoms with van der Waals surface area (Å²) in [5.41, 5.74) is 1.70. The zero-order valence-electron chi connectivity index (χ0n) is 15.4. The van der Waals surface area contributed by atoms with Crippen molar-refractivity contribution in [3.63, 3.8) is 0 Å². The fourth-order valence-corrected chi connectivity index (χ4v) is 4.56. The summed E-state index contributed by atoms with van der Waals surface area (Å²) in [5.74, 6) is 0.479. The Balaban J connectivity index is 1.69. The van der Waals surface area contributed by atoms with Crippen LogP contribution in [0.4, 0.5) is 10.1 Å². The van der Waals surface area contributed by atoms with Gasteiger partial charge in [-0.15, -0.1) is 0 Å². The van der Waals surface area contributed by atoms with Gasteiger partial charge in [0.2, 0.25) is 0 Å². The fourth-order valence-electron chi connectivity index (χ4n) is 3.42. The maximum absolute atomic E-state index is 13.4. The smallest absolute Gasteiger partial charge is 0.182 e. The van der Waals surface area contributed by atoms with Crippen molar-refractivity contribution in [2.45, 2.75) is 4.90 Å². The molecule has 1 fully saturated rings. The van der Waals surface area contributed by atoms with Crippen molar-refractivity contribution >= 4 is 28.0 Å². The van der Waals surface area contributed by atoms with Crippen molar-refractivity contribution in [2.75, 3.05) is 45.2 Å². The van der Waals surface area contributed by atoms with E-state index in [1.54, 1.807) is 29.4 Å². The van der Waals surface area contributed by atoms with E-state index in [1.165, 1.54) is 12.1 Å². The van der Waals surface area contributed by atoms with Gasteiger partial charge in [0.1, 0.15) is 22.9 Å². The summed E-state index contributed by atoms with van der Waals surface area (Å²) in [4.78, 5) is 5.24. The second-order valence-electron chi connectivity index (χ2n) is 6.72. The van der Waals surface area contributed by atoms with Gasteiger partial charge in [0.25, 0.3) is 0 Å². The average molecular weight is 387 g/mol. The standard InChI is InChI=1S/C20H22FN3O2S/c1-22-9-11-23(12-10-22)19-14-17(4-6-20(19)26-2)27(25)24-8-7-15-13-16(21)3-5-18(15)24/h3-8,13-14H,9-12H2,1-2H3. The van der Waals surface area contributed by atoms with Gasteiger partial charge in [0, 0.05) is 37.6 Å². The second kappa shape index (κ2) is 7.42. The Hall–Kier alpha value is -2.22. The maximum atomic E-state index is 13.4. The summed E-state index contributed by atoms with van der Waals surface area (Å²) in [7, 11) is 3.76. The second-order valence-corrected chi connectivity index (χ2v) is 8.08. The molecule has 1 aliphatic heterocycles. The third-order valence-corrected chi connectivity index (χ3v) is 6.32. The summed E-state index contributed by atoms with van der Waals surface area (Å²) < 4.78 is 33.8. The number of hydrogen-bond donors (Lipinski definition) is 0. The number of likely N-dealkylation sites (N-methyl/N-ethyl adjacent to an activating group) is 1. The van der Waals surface area contributed by atoms with Gasteiger partial charge in [0.05, 0.1) is 24.5 Å². The molecule has 1 saturated heterocycles. The minimum Gasteiger partial charge on any atom is -0.587 e. The summed E-state index contributed by atoms with van der Waals surface area (Å²) in [6.07, 6.45) is 1.74. The molecule has 27 heavy (non-hydrogen) atoms. The number of piperazine rings is 1. The Morgan fingerprint density at radius 1 is 1.04 bits per heavy atom. The molecule has 0 saturated carbocycles. The van der Waals surface area contributed by atoms with Crippen LogP contribution in [0.1, 0.15) is 0 Å². The Bertz CT molecular complexity index is 954. The van der Waals surface area contributed by atoms with Crippen LogP contribution in [-0.4, -0.2) is 53.8 Å². The van der Waals surface area contributed by atoms with E-state index >= 15 is 0 Å². The molecule has 5 nitrogen and oxygen atoms in total. The highest BCUT2D eigenvalue weighted by Gasteiger charge is 2.23. The van der Waals surface area contributed by atoms with Crippen molar-refractivity contribution in [1.29, 1.82) is 0 Å². The molecular weight excluding hydrogens is 365 g/mol. The zero-order valence-corrected chi connectivity index (χ0v) is 16.2. The van der Waals surface area contributed by atoms with E-state index in [1.807, 2.05) is 18.2 Å². The van der Waals surface area contributed by atoms with E-state index in [0.29, 0.717) is 4.90 Å². The molecule has 0 N–H and O–H groups in total. The number of benzene rings is 2. The Morgan fingerprint density at radius 3 is 2.56 bits per heavy atom. The largest absolute Gasteiger partial charge is 0.587 e. The monoisotopic (exact) mass is 387 g/mol. The molecule has 0 radical (unpaired) electrons. The molecule has 3 aromatic rings. The molecule has 1 aromatic heterocycles. The highest BCUT2D eigenvalue weighted by atomic mass is 32.2. The minimum atomic E-state index is -1.43. The van der Waals surface area contributed by atoms with Gasteiger partial charge in [-0.1, -0.05) is 0 Å². The Kier molecular flexibility index (Phi) is 4.99. The van der Waals surface area contributed by atoms with Crippen LogP contribution in [-0.2, 0) is 11.4 Å². The summed E-state index contributed by atoms with van der Waals surface area (Å²) in [6, 6.07) is 11.9. The zero-order chi connectivity index (χ0) is 19.0. The van der Waals surface area contributed by atoms with Crippen molar-refractivity contribution in [3.8, 4) is 5.75 Å². The van der Waals surface area contributed by atoms with E-state index in [4.69, 9.17) is 4.74 Å². The Labute approximate surface area is 161 Å². The van der Waals surface area contributed by atoms with Crippen LogP contribution in [0.15, 0.2) is 53.6 Å². The lowest BCUT2D eigenvalue weighted by molar-refractivity contribution is 0.311. The van der Waals surface area contributed by atoms with E-state index in [0.717, 1.165) is 48.5 Å². The molecule has 1 atom stereocenters.